The van der Waals surface area contributed by atoms with Gasteiger partial charge in [0.1, 0.15) is 5.82 Å². The minimum atomic E-state index is 0. The summed E-state index contributed by atoms with van der Waals surface area (Å²) in [6, 6.07) is 6.13. The number of hydrogen-bond donors (Lipinski definition) is 1. The third-order valence-electron chi connectivity index (χ3n) is 6.61. The highest BCUT2D eigenvalue weighted by Crippen LogP contribution is 2.37. The second-order valence-electron chi connectivity index (χ2n) is 8.56. The first-order valence-corrected chi connectivity index (χ1v) is 11.2. The van der Waals surface area contributed by atoms with Gasteiger partial charge in [0.05, 0.1) is 24.4 Å². The fourth-order valence-corrected chi connectivity index (χ4v) is 5.32. The molecule has 3 aliphatic rings. The van der Waals surface area contributed by atoms with E-state index >= 15 is 0 Å². The maximum atomic E-state index is 6.43. The van der Waals surface area contributed by atoms with Gasteiger partial charge in [0, 0.05) is 17.5 Å². The van der Waals surface area contributed by atoms with Crippen LogP contribution in [0.5, 0.6) is 0 Å². The van der Waals surface area contributed by atoms with Gasteiger partial charge in [-0.2, -0.15) is 0 Å². The zero-order chi connectivity index (χ0) is 18.9. The molecule has 1 N–H and O–H groups in total. The van der Waals surface area contributed by atoms with Crippen LogP contribution in [0.25, 0.3) is 5.69 Å². The Balaban J connectivity index is 0.00000205. The zero-order valence-electron chi connectivity index (χ0n) is 16.8. The maximum Gasteiger partial charge on any atom is 0.151 e. The topological polar surface area (TPSA) is 52.0 Å². The molecule has 5 nitrogen and oxygen atoms in total. The molecule has 2 aromatic rings. The Kier molecular flexibility index (Phi) is 6.80. The molecule has 0 unspecified atom stereocenters. The molecule has 1 aliphatic heterocycles. The fraction of sp³-hybridized carbons (Fsp3) is 0.636. The predicted octanol–water partition coefficient (Wildman–Crippen LogP) is 5.32. The van der Waals surface area contributed by atoms with E-state index in [2.05, 4.69) is 32.2 Å². The molecule has 2 saturated carbocycles. The van der Waals surface area contributed by atoms with Crippen LogP contribution < -0.4 is 5.32 Å². The number of rotatable bonds is 3. The Bertz CT molecular complexity index is 826. The summed E-state index contributed by atoms with van der Waals surface area (Å²) in [4.78, 5) is 0. The highest BCUT2D eigenvalue weighted by Gasteiger charge is 2.30. The molecule has 1 aromatic carbocycles. The zero-order valence-corrected chi connectivity index (χ0v) is 18.4. The minimum absolute atomic E-state index is 0. The first-order chi connectivity index (χ1) is 13.8. The molecule has 29 heavy (non-hydrogen) atoms. The Labute approximate surface area is 184 Å². The number of hydrogen-bond acceptors (Lipinski definition) is 4. The Morgan fingerprint density at radius 3 is 2.48 bits per heavy atom. The quantitative estimate of drug-likeness (QED) is 0.706. The van der Waals surface area contributed by atoms with E-state index in [1.165, 1.54) is 43.4 Å². The first-order valence-electron chi connectivity index (χ1n) is 10.9. The van der Waals surface area contributed by atoms with Gasteiger partial charge in [-0.3, -0.25) is 4.57 Å². The minimum Gasteiger partial charge on any atom is -0.375 e. The molecule has 0 saturated heterocycles. The van der Waals surface area contributed by atoms with Crippen molar-refractivity contribution in [2.75, 3.05) is 0 Å². The van der Waals surface area contributed by atoms with Gasteiger partial charge in [0.2, 0.25) is 0 Å². The van der Waals surface area contributed by atoms with E-state index in [1.54, 1.807) is 0 Å². The van der Waals surface area contributed by atoms with Gasteiger partial charge in [0.25, 0.3) is 0 Å². The lowest BCUT2D eigenvalue weighted by atomic mass is 9.86. The SMILES string of the molecule is Cl.Clc1ccc2c(c1)CNCc1nnc([C@H]3CC[C@H](OC4CCCCC4)CC3)n1-2. The lowest BCUT2D eigenvalue weighted by molar-refractivity contribution is -0.0474. The van der Waals surface area contributed by atoms with Crippen LogP contribution in [0.15, 0.2) is 18.2 Å². The first kappa shape index (κ1) is 21.1. The summed E-state index contributed by atoms with van der Waals surface area (Å²) in [5.74, 6) is 2.56. The molecule has 0 bridgehead atoms. The van der Waals surface area contributed by atoms with Crippen molar-refractivity contribution in [3.63, 3.8) is 0 Å². The standard InChI is InChI=1S/C22H29ClN4O.ClH/c23-17-8-11-20-16(12-17)13-24-14-21-25-26-22(27(20)21)15-6-9-19(10-7-15)28-18-4-2-1-3-5-18;/h8,11-12,15,18-19,24H,1-7,9-10,13-14H2;1H/t15-,19-;. The summed E-state index contributed by atoms with van der Waals surface area (Å²) in [5, 5.41) is 13.4. The van der Waals surface area contributed by atoms with E-state index in [1.807, 2.05) is 6.07 Å². The number of aromatic nitrogens is 3. The number of nitrogens with one attached hydrogen (secondary N) is 1. The van der Waals surface area contributed by atoms with E-state index in [0.29, 0.717) is 18.1 Å². The smallest absolute Gasteiger partial charge is 0.151 e. The molecule has 5 rings (SSSR count). The van der Waals surface area contributed by atoms with Crippen LogP contribution in [-0.2, 0) is 17.8 Å². The van der Waals surface area contributed by atoms with Gasteiger partial charge in [-0.05, 0) is 62.3 Å². The average molecular weight is 437 g/mol. The molecule has 158 valence electrons. The van der Waals surface area contributed by atoms with Crippen LogP contribution in [-0.4, -0.2) is 27.0 Å². The molecule has 0 radical (unpaired) electrons. The van der Waals surface area contributed by atoms with Gasteiger partial charge in [0.15, 0.2) is 5.82 Å². The normalized spacial score (nSPS) is 24.9. The molecule has 2 heterocycles. The number of nitrogens with zero attached hydrogens (tertiary/aromatic N) is 3. The second kappa shape index (κ2) is 9.34. The van der Waals surface area contributed by atoms with Crippen LogP contribution in [0, 0.1) is 0 Å². The molecule has 0 amide bonds. The number of halogens is 2. The van der Waals surface area contributed by atoms with Crippen LogP contribution in [0.2, 0.25) is 5.02 Å². The van der Waals surface area contributed by atoms with E-state index < -0.39 is 0 Å². The van der Waals surface area contributed by atoms with Crippen LogP contribution >= 0.6 is 24.0 Å². The van der Waals surface area contributed by atoms with Crippen molar-refractivity contribution >= 4 is 24.0 Å². The summed E-state index contributed by atoms with van der Waals surface area (Å²) in [6.45, 7) is 1.54. The molecular formula is C22H30Cl2N4O. The van der Waals surface area contributed by atoms with Gasteiger partial charge < -0.3 is 10.1 Å². The molecule has 7 heteroatoms. The van der Waals surface area contributed by atoms with Crippen LogP contribution in [0.3, 0.4) is 0 Å². The van der Waals surface area contributed by atoms with Crippen molar-refractivity contribution in [2.24, 2.45) is 0 Å². The van der Waals surface area contributed by atoms with Gasteiger partial charge in [-0.15, -0.1) is 22.6 Å². The van der Waals surface area contributed by atoms with Crippen LogP contribution in [0.4, 0.5) is 0 Å². The van der Waals surface area contributed by atoms with Crippen molar-refractivity contribution in [2.45, 2.75) is 89.0 Å². The Hall–Kier alpha value is -1.14. The maximum absolute atomic E-state index is 6.43. The molecular weight excluding hydrogens is 407 g/mol. The van der Waals surface area contributed by atoms with Crippen molar-refractivity contribution in [3.05, 3.63) is 40.4 Å². The summed E-state index contributed by atoms with van der Waals surface area (Å²) in [5.41, 5.74) is 2.38. The van der Waals surface area contributed by atoms with E-state index in [4.69, 9.17) is 16.3 Å². The number of benzene rings is 1. The van der Waals surface area contributed by atoms with Crippen LogP contribution in [0.1, 0.15) is 80.9 Å². The fourth-order valence-electron chi connectivity index (χ4n) is 5.12. The highest BCUT2D eigenvalue weighted by atomic mass is 35.5. The summed E-state index contributed by atoms with van der Waals surface area (Å²) in [6.07, 6.45) is 12.0. The van der Waals surface area contributed by atoms with E-state index in [-0.39, 0.29) is 12.4 Å². The summed E-state index contributed by atoms with van der Waals surface area (Å²) in [7, 11) is 0. The van der Waals surface area contributed by atoms with Crippen molar-refractivity contribution < 1.29 is 4.74 Å². The van der Waals surface area contributed by atoms with Gasteiger partial charge in [-0.1, -0.05) is 30.9 Å². The molecule has 1 aromatic heterocycles. The monoisotopic (exact) mass is 436 g/mol. The summed E-state index contributed by atoms with van der Waals surface area (Å²) < 4.78 is 8.71. The van der Waals surface area contributed by atoms with Gasteiger partial charge in [-0.25, -0.2) is 0 Å². The third-order valence-corrected chi connectivity index (χ3v) is 6.85. The second-order valence-corrected chi connectivity index (χ2v) is 8.99. The highest BCUT2D eigenvalue weighted by molar-refractivity contribution is 6.30. The predicted molar refractivity (Wildman–Crippen MR) is 117 cm³/mol. The summed E-state index contributed by atoms with van der Waals surface area (Å²) >= 11 is 6.23. The molecule has 2 fully saturated rings. The molecule has 2 aliphatic carbocycles. The molecule has 0 spiro atoms. The third kappa shape index (κ3) is 4.48. The average Bonchev–Trinajstić information content (AvgIpc) is 3.05. The largest absolute Gasteiger partial charge is 0.375 e. The lowest BCUT2D eigenvalue weighted by Gasteiger charge is -2.32. The Morgan fingerprint density at radius 1 is 0.931 bits per heavy atom. The van der Waals surface area contributed by atoms with E-state index in [0.717, 1.165) is 55.4 Å². The number of ether oxygens (including phenoxy) is 1. The van der Waals surface area contributed by atoms with Gasteiger partial charge >= 0.3 is 0 Å². The molecule has 0 atom stereocenters. The van der Waals surface area contributed by atoms with Crippen molar-refractivity contribution in [1.29, 1.82) is 0 Å². The lowest BCUT2D eigenvalue weighted by Crippen LogP contribution is -2.28. The van der Waals surface area contributed by atoms with Crippen molar-refractivity contribution in [3.8, 4) is 5.69 Å². The Morgan fingerprint density at radius 2 is 1.69 bits per heavy atom. The van der Waals surface area contributed by atoms with E-state index in [9.17, 15) is 0 Å². The van der Waals surface area contributed by atoms with Crippen molar-refractivity contribution in [1.82, 2.24) is 20.1 Å². The number of fused-ring (bicyclic) bond motifs is 3.